The Kier molecular flexibility index (Phi) is 3.53. The number of rotatable bonds is 3. The molecule has 1 amide bonds. The molecule has 1 aliphatic rings. The Balaban J connectivity index is 2.27. The third-order valence-electron chi connectivity index (χ3n) is 2.43. The van der Waals surface area contributed by atoms with Crippen LogP contribution in [0.4, 0.5) is 0 Å². The van der Waals surface area contributed by atoms with Crippen LogP contribution < -0.4 is 10.6 Å². The second-order valence-corrected chi connectivity index (χ2v) is 3.64. The highest BCUT2D eigenvalue weighted by molar-refractivity contribution is 5.79. The normalized spacial score (nSPS) is 26.5. The molecule has 2 atom stereocenters. The molecule has 3 nitrogen and oxygen atoms in total. The summed E-state index contributed by atoms with van der Waals surface area (Å²) in [5, 5.41) is 6.08. The standard InChI is InChI=1S/C9H18N2O/c1-3-7(2)4-8-5-10-6-9(12)11-8/h7-8,10H,3-6H2,1-2H3,(H,11,12). The summed E-state index contributed by atoms with van der Waals surface area (Å²) in [6.07, 6.45) is 2.28. The van der Waals surface area contributed by atoms with Crippen LogP contribution in [-0.4, -0.2) is 25.0 Å². The van der Waals surface area contributed by atoms with Crippen molar-refractivity contribution < 1.29 is 4.79 Å². The molecule has 70 valence electrons. The molecule has 0 saturated carbocycles. The highest BCUT2D eigenvalue weighted by Gasteiger charge is 2.18. The minimum atomic E-state index is 0.134. The van der Waals surface area contributed by atoms with Gasteiger partial charge in [0, 0.05) is 12.6 Å². The lowest BCUT2D eigenvalue weighted by Gasteiger charge is -2.26. The predicted octanol–water partition coefficient (Wildman–Crippen LogP) is 0.511. The van der Waals surface area contributed by atoms with E-state index in [2.05, 4.69) is 24.5 Å². The van der Waals surface area contributed by atoms with Gasteiger partial charge in [0.15, 0.2) is 0 Å². The Bertz CT molecular complexity index is 159. The first-order valence-corrected chi connectivity index (χ1v) is 4.72. The highest BCUT2D eigenvalue weighted by atomic mass is 16.2. The average molecular weight is 170 g/mol. The van der Waals surface area contributed by atoms with Gasteiger partial charge < -0.3 is 10.6 Å². The summed E-state index contributed by atoms with van der Waals surface area (Å²) >= 11 is 0. The maximum absolute atomic E-state index is 11.0. The van der Waals surface area contributed by atoms with Gasteiger partial charge >= 0.3 is 0 Å². The van der Waals surface area contributed by atoms with E-state index in [1.54, 1.807) is 0 Å². The van der Waals surface area contributed by atoms with Crippen LogP contribution in [-0.2, 0) is 4.79 Å². The van der Waals surface area contributed by atoms with Crippen LogP contribution >= 0.6 is 0 Å². The van der Waals surface area contributed by atoms with E-state index in [1.807, 2.05) is 0 Å². The number of piperazine rings is 1. The van der Waals surface area contributed by atoms with E-state index in [0.717, 1.165) is 13.0 Å². The second kappa shape index (κ2) is 4.45. The zero-order valence-electron chi connectivity index (χ0n) is 7.89. The molecule has 0 spiro atoms. The Labute approximate surface area is 73.9 Å². The largest absolute Gasteiger partial charge is 0.351 e. The van der Waals surface area contributed by atoms with Crippen LogP contribution in [0.15, 0.2) is 0 Å². The number of hydrogen-bond donors (Lipinski definition) is 2. The van der Waals surface area contributed by atoms with Gasteiger partial charge in [-0.15, -0.1) is 0 Å². The molecule has 2 unspecified atom stereocenters. The van der Waals surface area contributed by atoms with Gasteiger partial charge in [-0.2, -0.15) is 0 Å². The van der Waals surface area contributed by atoms with Crippen LogP contribution in [0.2, 0.25) is 0 Å². The van der Waals surface area contributed by atoms with Gasteiger partial charge in [-0.1, -0.05) is 20.3 Å². The molecule has 0 radical (unpaired) electrons. The molecule has 1 heterocycles. The maximum Gasteiger partial charge on any atom is 0.234 e. The van der Waals surface area contributed by atoms with E-state index in [1.165, 1.54) is 6.42 Å². The quantitative estimate of drug-likeness (QED) is 0.648. The number of amides is 1. The average Bonchev–Trinajstić information content (AvgIpc) is 2.04. The monoisotopic (exact) mass is 170 g/mol. The van der Waals surface area contributed by atoms with E-state index in [4.69, 9.17) is 0 Å². The molecular formula is C9H18N2O. The van der Waals surface area contributed by atoms with Gasteiger partial charge in [0.2, 0.25) is 5.91 Å². The molecule has 0 aromatic heterocycles. The van der Waals surface area contributed by atoms with E-state index in [0.29, 0.717) is 18.5 Å². The van der Waals surface area contributed by atoms with E-state index < -0.39 is 0 Å². The van der Waals surface area contributed by atoms with Crippen LogP contribution in [0.5, 0.6) is 0 Å². The highest BCUT2D eigenvalue weighted by Crippen LogP contribution is 2.10. The minimum Gasteiger partial charge on any atom is -0.351 e. The molecule has 1 aliphatic heterocycles. The number of hydrogen-bond acceptors (Lipinski definition) is 2. The fraction of sp³-hybridized carbons (Fsp3) is 0.889. The van der Waals surface area contributed by atoms with E-state index in [9.17, 15) is 4.79 Å². The van der Waals surface area contributed by atoms with Crippen LogP contribution in [0.1, 0.15) is 26.7 Å². The molecule has 3 heteroatoms. The van der Waals surface area contributed by atoms with Gasteiger partial charge in [0.05, 0.1) is 6.54 Å². The lowest BCUT2D eigenvalue weighted by molar-refractivity contribution is -0.122. The van der Waals surface area contributed by atoms with E-state index >= 15 is 0 Å². The van der Waals surface area contributed by atoms with Crippen molar-refractivity contribution in [2.24, 2.45) is 5.92 Å². The molecule has 0 bridgehead atoms. The first kappa shape index (κ1) is 9.52. The molecule has 0 aromatic rings. The smallest absolute Gasteiger partial charge is 0.234 e. The van der Waals surface area contributed by atoms with Crippen molar-refractivity contribution in [3.05, 3.63) is 0 Å². The number of nitrogens with one attached hydrogen (secondary N) is 2. The molecule has 2 N–H and O–H groups in total. The zero-order valence-corrected chi connectivity index (χ0v) is 7.89. The zero-order chi connectivity index (χ0) is 8.97. The van der Waals surface area contributed by atoms with E-state index in [-0.39, 0.29) is 5.91 Å². The summed E-state index contributed by atoms with van der Waals surface area (Å²) in [6.45, 7) is 5.82. The predicted molar refractivity (Wildman–Crippen MR) is 48.9 cm³/mol. The fourth-order valence-corrected chi connectivity index (χ4v) is 1.48. The van der Waals surface area contributed by atoms with Gasteiger partial charge in [-0.25, -0.2) is 0 Å². The maximum atomic E-state index is 11.0. The number of carbonyl (C=O) groups excluding carboxylic acids is 1. The van der Waals surface area contributed by atoms with Gasteiger partial charge in [0.25, 0.3) is 0 Å². The summed E-state index contributed by atoms with van der Waals surface area (Å²) < 4.78 is 0. The summed E-state index contributed by atoms with van der Waals surface area (Å²) in [6, 6.07) is 0.348. The Hall–Kier alpha value is -0.570. The van der Waals surface area contributed by atoms with Crippen LogP contribution in [0, 0.1) is 5.92 Å². The van der Waals surface area contributed by atoms with Crippen molar-refractivity contribution in [1.29, 1.82) is 0 Å². The van der Waals surface area contributed by atoms with Crippen molar-refractivity contribution in [3.63, 3.8) is 0 Å². The molecule has 0 aromatic carbocycles. The fourth-order valence-electron chi connectivity index (χ4n) is 1.48. The molecule has 1 rings (SSSR count). The Morgan fingerprint density at radius 1 is 1.67 bits per heavy atom. The van der Waals surface area contributed by atoms with Crippen molar-refractivity contribution in [1.82, 2.24) is 10.6 Å². The lowest BCUT2D eigenvalue weighted by Crippen LogP contribution is -2.52. The minimum absolute atomic E-state index is 0.134. The van der Waals surface area contributed by atoms with Crippen LogP contribution in [0.25, 0.3) is 0 Å². The molecule has 1 fully saturated rings. The Morgan fingerprint density at radius 3 is 3.00 bits per heavy atom. The summed E-state index contributed by atoms with van der Waals surface area (Å²) in [4.78, 5) is 11.0. The van der Waals surface area contributed by atoms with Crippen molar-refractivity contribution >= 4 is 5.91 Å². The summed E-state index contributed by atoms with van der Waals surface area (Å²) in [7, 11) is 0. The van der Waals surface area contributed by atoms with Crippen molar-refractivity contribution in [2.75, 3.05) is 13.1 Å². The third kappa shape index (κ3) is 2.81. The second-order valence-electron chi connectivity index (χ2n) is 3.64. The van der Waals surface area contributed by atoms with Gasteiger partial charge in [-0.3, -0.25) is 4.79 Å². The number of carbonyl (C=O) groups is 1. The molecule has 12 heavy (non-hydrogen) atoms. The van der Waals surface area contributed by atoms with Gasteiger partial charge in [-0.05, 0) is 12.3 Å². The third-order valence-corrected chi connectivity index (χ3v) is 2.43. The first-order valence-electron chi connectivity index (χ1n) is 4.72. The SMILES string of the molecule is CCC(C)CC1CNCC(=O)N1. The molecule has 1 saturated heterocycles. The van der Waals surface area contributed by atoms with Crippen LogP contribution in [0.3, 0.4) is 0 Å². The lowest BCUT2D eigenvalue weighted by atomic mass is 9.98. The molecular weight excluding hydrogens is 152 g/mol. The van der Waals surface area contributed by atoms with Crippen molar-refractivity contribution in [2.45, 2.75) is 32.7 Å². The van der Waals surface area contributed by atoms with Gasteiger partial charge in [0.1, 0.15) is 0 Å². The molecule has 0 aliphatic carbocycles. The topological polar surface area (TPSA) is 41.1 Å². The summed E-state index contributed by atoms with van der Waals surface area (Å²) in [5.41, 5.74) is 0. The first-order chi connectivity index (χ1) is 5.72. The Morgan fingerprint density at radius 2 is 2.42 bits per heavy atom. The van der Waals surface area contributed by atoms with Crippen molar-refractivity contribution in [3.8, 4) is 0 Å². The summed E-state index contributed by atoms with van der Waals surface area (Å²) in [5.74, 6) is 0.838.